The van der Waals surface area contributed by atoms with Crippen LogP contribution in [0.4, 0.5) is 10.1 Å². The lowest BCUT2D eigenvalue weighted by Gasteiger charge is -1.97. The monoisotopic (exact) mass is 152 g/mol. The summed E-state index contributed by atoms with van der Waals surface area (Å²) in [5.74, 6) is -0.240. The number of hydrogen-bond donors (Lipinski definition) is 1. The van der Waals surface area contributed by atoms with Crippen molar-refractivity contribution in [1.82, 2.24) is 0 Å². The molecule has 0 amide bonds. The van der Waals surface area contributed by atoms with Crippen LogP contribution in [0.15, 0.2) is 29.4 Å². The minimum absolute atomic E-state index is 0.240. The molecule has 0 aliphatic heterocycles. The van der Waals surface area contributed by atoms with Gasteiger partial charge >= 0.3 is 0 Å². The summed E-state index contributed by atoms with van der Waals surface area (Å²) in [4.78, 5) is 0. The maximum atomic E-state index is 12.3. The Morgan fingerprint density at radius 2 is 2.00 bits per heavy atom. The number of nitrogens with zero attached hydrogens (tertiary/aromatic N) is 1. The third-order valence-corrected chi connectivity index (χ3v) is 1.17. The van der Waals surface area contributed by atoms with Gasteiger partial charge in [0.25, 0.3) is 0 Å². The lowest BCUT2D eigenvalue weighted by molar-refractivity contribution is 0.628. The second-order valence-electron chi connectivity index (χ2n) is 2.01. The first-order chi connectivity index (χ1) is 5.33. The predicted octanol–water partition coefficient (Wildman–Crippen LogP) is 2.24. The molecule has 0 spiro atoms. The van der Waals surface area contributed by atoms with Crippen molar-refractivity contribution < 1.29 is 4.39 Å². The normalized spacial score (nSPS) is 10.4. The molecule has 3 heteroatoms. The second kappa shape index (κ2) is 3.71. The van der Waals surface area contributed by atoms with Crippen LogP contribution in [0.25, 0.3) is 0 Å². The minimum atomic E-state index is -0.240. The molecule has 0 aromatic heterocycles. The van der Waals surface area contributed by atoms with Crippen LogP contribution in [0.3, 0.4) is 0 Å². The molecule has 0 fully saturated rings. The van der Waals surface area contributed by atoms with Crippen LogP contribution in [-0.4, -0.2) is 6.21 Å². The van der Waals surface area contributed by atoms with Gasteiger partial charge in [0, 0.05) is 6.21 Å². The number of halogens is 1. The largest absolute Gasteiger partial charge is 0.279 e. The standard InChI is InChI=1S/C8H9FN2/c1-2-10-11-8-5-3-7(9)4-6-8/h2-6,11H,1H3/b10-2-. The van der Waals surface area contributed by atoms with Crippen LogP contribution in [0.5, 0.6) is 0 Å². The van der Waals surface area contributed by atoms with Crippen molar-refractivity contribution in [3.8, 4) is 0 Å². The maximum Gasteiger partial charge on any atom is 0.123 e. The summed E-state index contributed by atoms with van der Waals surface area (Å²) in [5.41, 5.74) is 3.51. The van der Waals surface area contributed by atoms with Gasteiger partial charge in [-0.2, -0.15) is 5.10 Å². The Labute approximate surface area is 64.7 Å². The number of anilines is 1. The summed E-state index contributed by atoms with van der Waals surface area (Å²) < 4.78 is 12.3. The molecule has 0 aliphatic carbocycles. The molecule has 1 N–H and O–H groups in total. The van der Waals surface area contributed by atoms with E-state index >= 15 is 0 Å². The topological polar surface area (TPSA) is 24.4 Å². The van der Waals surface area contributed by atoms with Gasteiger partial charge in [-0.1, -0.05) is 0 Å². The summed E-state index contributed by atoms with van der Waals surface area (Å²) in [6.07, 6.45) is 1.63. The van der Waals surface area contributed by atoms with Crippen molar-refractivity contribution in [2.45, 2.75) is 6.92 Å². The highest BCUT2D eigenvalue weighted by Crippen LogP contribution is 2.07. The van der Waals surface area contributed by atoms with E-state index in [1.807, 2.05) is 0 Å². The summed E-state index contributed by atoms with van der Waals surface area (Å²) in [6.45, 7) is 1.80. The fraction of sp³-hybridized carbons (Fsp3) is 0.125. The van der Waals surface area contributed by atoms with E-state index < -0.39 is 0 Å². The number of hydrazone groups is 1. The Bertz CT molecular complexity index is 241. The first kappa shape index (κ1) is 7.72. The molecule has 0 bridgehead atoms. The van der Waals surface area contributed by atoms with Gasteiger partial charge in [-0.05, 0) is 31.2 Å². The van der Waals surface area contributed by atoms with Gasteiger partial charge in [0.05, 0.1) is 5.69 Å². The molecule has 2 nitrogen and oxygen atoms in total. The molecule has 1 aromatic carbocycles. The van der Waals surface area contributed by atoms with Gasteiger partial charge in [0.1, 0.15) is 5.82 Å². The van der Waals surface area contributed by atoms with E-state index in [-0.39, 0.29) is 5.82 Å². The van der Waals surface area contributed by atoms with Crippen molar-refractivity contribution in [3.63, 3.8) is 0 Å². The number of rotatable bonds is 2. The van der Waals surface area contributed by atoms with Gasteiger partial charge < -0.3 is 0 Å². The molecule has 1 aromatic rings. The Hall–Kier alpha value is -1.38. The fourth-order valence-corrected chi connectivity index (χ4v) is 0.664. The van der Waals surface area contributed by atoms with Crippen LogP contribution >= 0.6 is 0 Å². The molecule has 0 radical (unpaired) electrons. The highest BCUT2D eigenvalue weighted by molar-refractivity contribution is 5.56. The molecular weight excluding hydrogens is 143 g/mol. The molecule has 1 rings (SSSR count). The molecule has 0 heterocycles. The Morgan fingerprint density at radius 3 is 2.55 bits per heavy atom. The third kappa shape index (κ3) is 2.37. The minimum Gasteiger partial charge on any atom is -0.279 e. The van der Waals surface area contributed by atoms with E-state index in [0.29, 0.717) is 0 Å². The zero-order valence-corrected chi connectivity index (χ0v) is 6.21. The summed E-state index contributed by atoms with van der Waals surface area (Å²) >= 11 is 0. The number of hydrogen-bond acceptors (Lipinski definition) is 2. The average Bonchev–Trinajstić information content (AvgIpc) is 2.04. The SMILES string of the molecule is C/C=N\Nc1ccc(F)cc1. The maximum absolute atomic E-state index is 12.3. The molecule has 0 atom stereocenters. The van der Waals surface area contributed by atoms with Crippen LogP contribution in [0, 0.1) is 5.82 Å². The number of benzene rings is 1. The molecule has 0 aliphatic rings. The van der Waals surface area contributed by atoms with Crippen molar-refractivity contribution >= 4 is 11.9 Å². The van der Waals surface area contributed by atoms with E-state index in [0.717, 1.165) is 5.69 Å². The Morgan fingerprint density at radius 1 is 1.36 bits per heavy atom. The van der Waals surface area contributed by atoms with Crippen molar-refractivity contribution in [2.75, 3.05) is 5.43 Å². The van der Waals surface area contributed by atoms with Crippen LogP contribution in [0.1, 0.15) is 6.92 Å². The van der Waals surface area contributed by atoms with Crippen LogP contribution in [-0.2, 0) is 0 Å². The summed E-state index contributed by atoms with van der Waals surface area (Å²) in [6, 6.07) is 6.02. The highest BCUT2D eigenvalue weighted by atomic mass is 19.1. The van der Waals surface area contributed by atoms with E-state index in [9.17, 15) is 4.39 Å². The quantitative estimate of drug-likeness (QED) is 0.510. The second-order valence-corrected chi connectivity index (χ2v) is 2.01. The van der Waals surface area contributed by atoms with Crippen molar-refractivity contribution in [3.05, 3.63) is 30.1 Å². The molecule has 11 heavy (non-hydrogen) atoms. The fourth-order valence-electron chi connectivity index (χ4n) is 0.664. The highest BCUT2D eigenvalue weighted by Gasteiger charge is 1.88. The Balaban J connectivity index is 2.66. The van der Waals surface area contributed by atoms with E-state index in [1.165, 1.54) is 12.1 Å². The van der Waals surface area contributed by atoms with Gasteiger partial charge in [-0.15, -0.1) is 0 Å². The van der Waals surface area contributed by atoms with Gasteiger partial charge in [0.15, 0.2) is 0 Å². The first-order valence-corrected chi connectivity index (χ1v) is 3.32. The lowest BCUT2D eigenvalue weighted by Crippen LogP contribution is -1.87. The van der Waals surface area contributed by atoms with Gasteiger partial charge in [-0.3, -0.25) is 5.43 Å². The first-order valence-electron chi connectivity index (χ1n) is 3.32. The van der Waals surface area contributed by atoms with E-state index in [2.05, 4.69) is 10.5 Å². The van der Waals surface area contributed by atoms with Crippen molar-refractivity contribution in [1.29, 1.82) is 0 Å². The lowest BCUT2D eigenvalue weighted by atomic mass is 10.3. The van der Waals surface area contributed by atoms with Crippen LogP contribution < -0.4 is 5.43 Å². The van der Waals surface area contributed by atoms with Crippen LogP contribution in [0.2, 0.25) is 0 Å². The molecule has 0 unspecified atom stereocenters. The molecule has 58 valence electrons. The summed E-state index contributed by atoms with van der Waals surface area (Å²) in [7, 11) is 0. The molecule has 0 saturated heterocycles. The Kier molecular flexibility index (Phi) is 2.60. The smallest absolute Gasteiger partial charge is 0.123 e. The van der Waals surface area contributed by atoms with E-state index in [4.69, 9.17) is 0 Å². The zero-order chi connectivity index (χ0) is 8.10. The van der Waals surface area contributed by atoms with E-state index in [1.54, 1.807) is 25.3 Å². The van der Waals surface area contributed by atoms with Gasteiger partial charge in [0.2, 0.25) is 0 Å². The summed E-state index contributed by atoms with van der Waals surface area (Å²) in [5, 5.41) is 3.77. The number of nitrogens with one attached hydrogen (secondary N) is 1. The zero-order valence-electron chi connectivity index (χ0n) is 6.21. The third-order valence-electron chi connectivity index (χ3n) is 1.17. The molecule has 0 saturated carbocycles. The van der Waals surface area contributed by atoms with Crippen molar-refractivity contribution in [2.24, 2.45) is 5.10 Å². The van der Waals surface area contributed by atoms with Gasteiger partial charge in [-0.25, -0.2) is 4.39 Å². The predicted molar refractivity (Wildman–Crippen MR) is 44.2 cm³/mol. The molecular formula is C8H9FN2. The average molecular weight is 152 g/mol.